The standard InChI is InChI=1S/C37H24N2/c1-2-13-30(14-3-1)39-36-17-9-8-16-35(36)38-37(39)26-20-18-25(19-21-26)32-24-29-12-6-7-15-31(29)33-22-27-10-4-5-11-28(27)23-34(32)33/h1-24H. The van der Waals surface area contributed by atoms with E-state index in [2.05, 4.69) is 138 Å². The van der Waals surface area contributed by atoms with Crippen LogP contribution in [0.5, 0.6) is 0 Å². The fourth-order valence-electron chi connectivity index (χ4n) is 5.88. The lowest BCUT2D eigenvalue weighted by Gasteiger charge is -2.14. The summed E-state index contributed by atoms with van der Waals surface area (Å²) in [5, 5.41) is 7.63. The maximum absolute atomic E-state index is 5.05. The van der Waals surface area contributed by atoms with E-state index in [9.17, 15) is 0 Å². The average molecular weight is 497 g/mol. The van der Waals surface area contributed by atoms with Crippen LogP contribution in [0.2, 0.25) is 0 Å². The van der Waals surface area contributed by atoms with Crippen molar-refractivity contribution in [3.05, 3.63) is 146 Å². The first-order valence-electron chi connectivity index (χ1n) is 13.3. The Labute approximate surface area is 226 Å². The summed E-state index contributed by atoms with van der Waals surface area (Å²) in [6.45, 7) is 0. The summed E-state index contributed by atoms with van der Waals surface area (Å²) >= 11 is 0. The average Bonchev–Trinajstić information content (AvgIpc) is 3.40. The SMILES string of the molecule is c1ccc(-n2c(-c3ccc(-c4cc5ccccc5c5cc6ccccc6cc45)cc3)nc3ccccc32)cc1. The quantitative estimate of drug-likeness (QED) is 0.176. The summed E-state index contributed by atoms with van der Waals surface area (Å²) in [6, 6.07) is 52.0. The van der Waals surface area contributed by atoms with Gasteiger partial charge in [0.1, 0.15) is 5.82 Å². The molecule has 8 rings (SSSR count). The topological polar surface area (TPSA) is 17.8 Å². The Morgan fingerprint density at radius 1 is 0.436 bits per heavy atom. The summed E-state index contributed by atoms with van der Waals surface area (Å²) in [4.78, 5) is 5.05. The van der Waals surface area contributed by atoms with Crippen LogP contribution in [0.4, 0.5) is 0 Å². The maximum Gasteiger partial charge on any atom is 0.145 e. The van der Waals surface area contributed by atoms with Crippen molar-refractivity contribution in [3.8, 4) is 28.2 Å². The number of fused-ring (bicyclic) bond motifs is 5. The summed E-state index contributed by atoms with van der Waals surface area (Å²) in [6.07, 6.45) is 0. The molecule has 0 unspecified atom stereocenters. The molecule has 0 spiro atoms. The number of rotatable bonds is 3. The summed E-state index contributed by atoms with van der Waals surface area (Å²) < 4.78 is 2.25. The Kier molecular flexibility index (Phi) is 4.86. The van der Waals surface area contributed by atoms with E-state index in [1.165, 1.54) is 43.4 Å². The van der Waals surface area contributed by atoms with Crippen LogP contribution in [-0.2, 0) is 0 Å². The normalized spacial score (nSPS) is 11.6. The van der Waals surface area contributed by atoms with E-state index < -0.39 is 0 Å². The molecule has 8 aromatic rings. The zero-order chi connectivity index (χ0) is 25.8. The van der Waals surface area contributed by atoms with Gasteiger partial charge in [-0.05, 0) is 85.9 Å². The first kappa shape index (κ1) is 21.8. The Bertz CT molecular complexity index is 2150. The highest BCUT2D eigenvalue weighted by Crippen LogP contribution is 2.38. The molecule has 0 aliphatic heterocycles. The van der Waals surface area contributed by atoms with Gasteiger partial charge in [-0.15, -0.1) is 0 Å². The molecular formula is C37H24N2. The lowest BCUT2D eigenvalue weighted by atomic mass is 9.91. The van der Waals surface area contributed by atoms with E-state index in [4.69, 9.17) is 4.98 Å². The van der Waals surface area contributed by atoms with Crippen LogP contribution in [0.1, 0.15) is 0 Å². The lowest BCUT2D eigenvalue weighted by molar-refractivity contribution is 1.10. The molecule has 1 aromatic heterocycles. The van der Waals surface area contributed by atoms with E-state index >= 15 is 0 Å². The summed E-state index contributed by atoms with van der Waals surface area (Å²) in [5.74, 6) is 0.948. The first-order valence-corrected chi connectivity index (χ1v) is 13.3. The molecule has 0 saturated heterocycles. The summed E-state index contributed by atoms with van der Waals surface area (Å²) in [7, 11) is 0. The van der Waals surface area contributed by atoms with Crippen molar-refractivity contribution in [1.29, 1.82) is 0 Å². The highest BCUT2D eigenvalue weighted by atomic mass is 15.1. The predicted molar refractivity (Wildman–Crippen MR) is 164 cm³/mol. The minimum atomic E-state index is 0.948. The lowest BCUT2D eigenvalue weighted by Crippen LogP contribution is -1.97. The van der Waals surface area contributed by atoms with Crippen LogP contribution in [-0.4, -0.2) is 9.55 Å². The van der Waals surface area contributed by atoms with E-state index in [1.54, 1.807) is 0 Å². The van der Waals surface area contributed by atoms with Gasteiger partial charge in [-0.3, -0.25) is 4.57 Å². The Morgan fingerprint density at radius 2 is 1.05 bits per heavy atom. The van der Waals surface area contributed by atoms with Crippen molar-refractivity contribution in [2.45, 2.75) is 0 Å². The molecule has 39 heavy (non-hydrogen) atoms. The van der Waals surface area contributed by atoms with Gasteiger partial charge in [0.2, 0.25) is 0 Å². The fraction of sp³-hybridized carbons (Fsp3) is 0. The largest absolute Gasteiger partial charge is 0.292 e. The third-order valence-corrected chi connectivity index (χ3v) is 7.76. The summed E-state index contributed by atoms with van der Waals surface area (Å²) in [5.41, 5.74) is 6.75. The monoisotopic (exact) mass is 496 g/mol. The fourth-order valence-corrected chi connectivity index (χ4v) is 5.88. The molecular weight excluding hydrogens is 472 g/mol. The highest BCUT2D eigenvalue weighted by molar-refractivity contribution is 6.17. The van der Waals surface area contributed by atoms with Crippen molar-refractivity contribution in [2.24, 2.45) is 0 Å². The van der Waals surface area contributed by atoms with Crippen LogP contribution >= 0.6 is 0 Å². The Balaban J connectivity index is 1.33. The highest BCUT2D eigenvalue weighted by Gasteiger charge is 2.15. The third-order valence-electron chi connectivity index (χ3n) is 7.76. The van der Waals surface area contributed by atoms with E-state index in [1.807, 2.05) is 12.1 Å². The van der Waals surface area contributed by atoms with E-state index in [-0.39, 0.29) is 0 Å². The Hall–Kier alpha value is -5.21. The van der Waals surface area contributed by atoms with Crippen LogP contribution in [0.15, 0.2) is 146 Å². The van der Waals surface area contributed by atoms with Crippen LogP contribution in [0.25, 0.3) is 71.6 Å². The van der Waals surface area contributed by atoms with Crippen molar-refractivity contribution in [2.75, 3.05) is 0 Å². The van der Waals surface area contributed by atoms with Gasteiger partial charge in [0, 0.05) is 11.3 Å². The van der Waals surface area contributed by atoms with Gasteiger partial charge >= 0.3 is 0 Å². The molecule has 0 aliphatic rings. The minimum absolute atomic E-state index is 0.948. The van der Waals surface area contributed by atoms with E-state index in [0.717, 1.165) is 28.1 Å². The second-order valence-electron chi connectivity index (χ2n) is 10.1. The van der Waals surface area contributed by atoms with Gasteiger partial charge in [0.25, 0.3) is 0 Å². The van der Waals surface area contributed by atoms with Gasteiger partial charge in [-0.2, -0.15) is 0 Å². The number of hydrogen-bond donors (Lipinski definition) is 0. The molecule has 0 aliphatic carbocycles. The zero-order valence-corrected chi connectivity index (χ0v) is 21.3. The van der Waals surface area contributed by atoms with Gasteiger partial charge in [0.15, 0.2) is 0 Å². The van der Waals surface area contributed by atoms with Crippen LogP contribution in [0, 0.1) is 0 Å². The maximum atomic E-state index is 5.05. The second kappa shape index (κ2) is 8.68. The van der Waals surface area contributed by atoms with Gasteiger partial charge in [-0.1, -0.05) is 103 Å². The Morgan fingerprint density at radius 3 is 1.85 bits per heavy atom. The van der Waals surface area contributed by atoms with Crippen molar-refractivity contribution in [1.82, 2.24) is 9.55 Å². The number of benzene rings is 7. The smallest absolute Gasteiger partial charge is 0.145 e. The molecule has 2 heteroatoms. The molecule has 2 nitrogen and oxygen atoms in total. The molecule has 7 aromatic carbocycles. The first-order chi connectivity index (χ1) is 19.3. The molecule has 182 valence electrons. The molecule has 0 atom stereocenters. The van der Waals surface area contributed by atoms with Crippen LogP contribution in [0.3, 0.4) is 0 Å². The molecule has 0 bridgehead atoms. The number of para-hydroxylation sites is 3. The van der Waals surface area contributed by atoms with Crippen LogP contribution < -0.4 is 0 Å². The van der Waals surface area contributed by atoms with E-state index in [0.29, 0.717) is 0 Å². The zero-order valence-electron chi connectivity index (χ0n) is 21.3. The third kappa shape index (κ3) is 3.53. The number of nitrogens with zero attached hydrogens (tertiary/aromatic N) is 2. The van der Waals surface area contributed by atoms with Gasteiger partial charge in [-0.25, -0.2) is 4.98 Å². The van der Waals surface area contributed by atoms with Gasteiger partial charge in [0.05, 0.1) is 11.0 Å². The molecule has 1 heterocycles. The number of aromatic nitrogens is 2. The molecule has 0 radical (unpaired) electrons. The molecule has 0 amide bonds. The predicted octanol–water partition coefficient (Wildman–Crippen LogP) is 9.82. The van der Waals surface area contributed by atoms with Crippen molar-refractivity contribution >= 4 is 43.4 Å². The number of hydrogen-bond acceptors (Lipinski definition) is 1. The number of imidazole rings is 1. The molecule has 0 N–H and O–H groups in total. The minimum Gasteiger partial charge on any atom is -0.292 e. The molecule has 0 fully saturated rings. The second-order valence-corrected chi connectivity index (χ2v) is 10.1. The molecule has 0 saturated carbocycles. The van der Waals surface area contributed by atoms with Crippen molar-refractivity contribution < 1.29 is 0 Å². The van der Waals surface area contributed by atoms with Gasteiger partial charge < -0.3 is 0 Å². The van der Waals surface area contributed by atoms with Crippen molar-refractivity contribution in [3.63, 3.8) is 0 Å².